The monoisotopic (exact) mass is 332 g/mol. The van der Waals surface area contributed by atoms with Gasteiger partial charge < -0.3 is 4.79 Å². The Morgan fingerprint density at radius 2 is 1.36 bits per heavy atom. The third kappa shape index (κ3) is 5.64. The van der Waals surface area contributed by atoms with Crippen LogP contribution in [-0.4, -0.2) is 11.6 Å². The molecule has 0 amide bonds. The van der Waals surface area contributed by atoms with E-state index in [0.29, 0.717) is 11.1 Å². The zero-order valence-corrected chi connectivity index (χ0v) is 13.1. The topological polar surface area (TPSA) is 34.1 Å². The summed E-state index contributed by atoms with van der Waals surface area (Å²) in [6.45, 7) is 0. The van der Waals surface area contributed by atoms with Crippen molar-refractivity contribution in [3.63, 3.8) is 0 Å². The maximum Gasteiger partial charge on any atom is 2.00 e. The standard InChI is InChI=1S/C14H11O2.C5H5.Fe/c15-13(11-6-2-1-3-7-11)10-14(16)12-8-4-5-9-12;1-2-4-5-3-1;/h1-9H,10H2;1-5H;/q2*-1;+2. The molecule has 22 heavy (non-hydrogen) atoms. The van der Waals surface area contributed by atoms with E-state index in [4.69, 9.17) is 0 Å². The van der Waals surface area contributed by atoms with Crippen molar-refractivity contribution in [2.75, 3.05) is 0 Å². The summed E-state index contributed by atoms with van der Waals surface area (Å²) in [4.78, 5) is 23.4. The molecule has 0 saturated heterocycles. The van der Waals surface area contributed by atoms with Crippen molar-refractivity contribution < 1.29 is 26.7 Å². The molecule has 0 aliphatic rings. The molecule has 0 N–H and O–H groups in total. The van der Waals surface area contributed by atoms with E-state index in [0.717, 1.165) is 0 Å². The smallest absolute Gasteiger partial charge is 0.309 e. The van der Waals surface area contributed by atoms with Gasteiger partial charge in [-0.25, -0.2) is 18.2 Å². The van der Waals surface area contributed by atoms with E-state index in [9.17, 15) is 9.59 Å². The van der Waals surface area contributed by atoms with Gasteiger partial charge in [-0.2, -0.15) is 36.4 Å². The van der Waals surface area contributed by atoms with Crippen LogP contribution >= 0.6 is 0 Å². The number of ketones is 2. The van der Waals surface area contributed by atoms with Crippen LogP contribution in [0.3, 0.4) is 0 Å². The Hall–Kier alpha value is -2.22. The third-order valence-electron chi connectivity index (χ3n) is 2.96. The van der Waals surface area contributed by atoms with E-state index in [-0.39, 0.29) is 35.1 Å². The van der Waals surface area contributed by atoms with Gasteiger partial charge in [-0.3, -0.25) is 4.79 Å². The Morgan fingerprint density at radius 1 is 0.727 bits per heavy atom. The molecule has 0 saturated carbocycles. The molecule has 0 bridgehead atoms. The van der Waals surface area contributed by atoms with Gasteiger partial charge in [0.1, 0.15) is 5.78 Å². The molecule has 0 spiro atoms. The van der Waals surface area contributed by atoms with Gasteiger partial charge in [0.25, 0.3) is 0 Å². The average Bonchev–Trinajstić information content (AvgIpc) is 3.23. The minimum absolute atomic E-state index is 0. The molecule has 0 fully saturated rings. The molecule has 2 nitrogen and oxygen atoms in total. The van der Waals surface area contributed by atoms with Gasteiger partial charge >= 0.3 is 17.1 Å². The van der Waals surface area contributed by atoms with Crippen molar-refractivity contribution in [3.05, 3.63) is 96.1 Å². The summed E-state index contributed by atoms with van der Waals surface area (Å²) >= 11 is 0. The van der Waals surface area contributed by atoms with Crippen LogP contribution in [0.1, 0.15) is 27.1 Å². The summed E-state index contributed by atoms with van der Waals surface area (Å²) in [5.74, 6) is -0.259. The molecule has 0 atom stereocenters. The van der Waals surface area contributed by atoms with E-state index < -0.39 is 0 Å². The van der Waals surface area contributed by atoms with E-state index in [1.165, 1.54) is 0 Å². The second-order valence-electron chi connectivity index (χ2n) is 4.52. The van der Waals surface area contributed by atoms with Crippen molar-refractivity contribution in [1.29, 1.82) is 0 Å². The van der Waals surface area contributed by atoms with Crippen molar-refractivity contribution >= 4 is 11.6 Å². The second kappa shape index (κ2) is 9.67. The molecule has 3 heteroatoms. The zero-order valence-electron chi connectivity index (χ0n) is 12.0. The number of Topliss-reactive ketones (excluding diaryl/α,β-unsaturated/α-hetero) is 2. The number of carbonyl (C=O) groups excluding carboxylic acids is 2. The molecule has 3 rings (SSSR count). The summed E-state index contributed by atoms with van der Waals surface area (Å²) < 4.78 is 0. The van der Waals surface area contributed by atoms with Gasteiger partial charge in [0.2, 0.25) is 0 Å². The van der Waals surface area contributed by atoms with Gasteiger partial charge in [0.15, 0.2) is 5.78 Å². The van der Waals surface area contributed by atoms with Crippen LogP contribution in [0.5, 0.6) is 0 Å². The molecule has 0 radical (unpaired) electrons. The summed E-state index contributed by atoms with van der Waals surface area (Å²) in [7, 11) is 0. The van der Waals surface area contributed by atoms with Crippen LogP contribution < -0.4 is 0 Å². The van der Waals surface area contributed by atoms with Crippen LogP contribution in [0.4, 0.5) is 0 Å². The van der Waals surface area contributed by atoms with Crippen LogP contribution in [0, 0.1) is 0 Å². The van der Waals surface area contributed by atoms with Gasteiger partial charge in [-0.05, 0) is 0 Å². The predicted molar refractivity (Wildman–Crippen MR) is 83.8 cm³/mol. The molecule has 0 aromatic heterocycles. The van der Waals surface area contributed by atoms with Gasteiger partial charge in [-0.15, -0.1) is 5.56 Å². The van der Waals surface area contributed by atoms with Crippen molar-refractivity contribution in [2.45, 2.75) is 6.42 Å². The summed E-state index contributed by atoms with van der Waals surface area (Å²) in [5.41, 5.74) is 1.19. The first-order valence-electron chi connectivity index (χ1n) is 6.77. The summed E-state index contributed by atoms with van der Waals surface area (Å²) in [6.07, 6.45) is -0.0615. The van der Waals surface area contributed by atoms with E-state index in [2.05, 4.69) is 0 Å². The first-order chi connectivity index (χ1) is 10.3. The summed E-state index contributed by atoms with van der Waals surface area (Å²) in [6, 6.07) is 25.9. The Morgan fingerprint density at radius 3 is 1.86 bits per heavy atom. The molecule has 0 unspecified atom stereocenters. The third-order valence-corrected chi connectivity index (χ3v) is 2.96. The largest absolute Gasteiger partial charge is 2.00 e. The van der Waals surface area contributed by atoms with Gasteiger partial charge in [0, 0.05) is 5.56 Å². The van der Waals surface area contributed by atoms with Crippen molar-refractivity contribution in [3.8, 4) is 0 Å². The fourth-order valence-corrected chi connectivity index (χ4v) is 1.85. The number of hydrogen-bond acceptors (Lipinski definition) is 2. The Kier molecular flexibility index (Phi) is 7.84. The predicted octanol–water partition coefficient (Wildman–Crippen LogP) is 4.26. The fourth-order valence-electron chi connectivity index (χ4n) is 1.85. The van der Waals surface area contributed by atoms with Crippen molar-refractivity contribution in [1.82, 2.24) is 0 Å². The zero-order chi connectivity index (χ0) is 14.9. The van der Waals surface area contributed by atoms with Crippen LogP contribution in [-0.2, 0) is 17.1 Å². The summed E-state index contributed by atoms with van der Waals surface area (Å²) in [5, 5.41) is 0. The van der Waals surface area contributed by atoms with Crippen LogP contribution in [0.2, 0.25) is 0 Å². The molecule has 0 aliphatic carbocycles. The first-order valence-corrected chi connectivity index (χ1v) is 6.77. The molecular weight excluding hydrogens is 316 g/mol. The minimum atomic E-state index is -0.133. The van der Waals surface area contributed by atoms with Crippen LogP contribution in [0.25, 0.3) is 0 Å². The molecular formula is C19H16FeO2. The number of hydrogen-bond donors (Lipinski definition) is 0. The van der Waals surface area contributed by atoms with Gasteiger partial charge in [-0.1, -0.05) is 30.3 Å². The molecule has 112 valence electrons. The molecule has 0 heterocycles. The maximum absolute atomic E-state index is 11.7. The van der Waals surface area contributed by atoms with E-state index in [1.54, 1.807) is 48.5 Å². The number of benzene rings is 1. The van der Waals surface area contributed by atoms with Crippen LogP contribution in [0.15, 0.2) is 84.9 Å². The van der Waals surface area contributed by atoms with E-state index >= 15 is 0 Å². The second-order valence-corrected chi connectivity index (χ2v) is 4.52. The number of carbonyl (C=O) groups is 2. The number of rotatable bonds is 4. The Bertz CT molecular complexity index is 636. The molecule has 3 aromatic rings. The average molecular weight is 332 g/mol. The maximum atomic E-state index is 11.7. The quantitative estimate of drug-likeness (QED) is 0.310. The molecule has 0 aliphatic heterocycles. The SMILES string of the molecule is O=C(CC(=O)c1cc[cH-]c1)c1ccccc1.[Fe+2].c1cc[cH-]c1. The minimum Gasteiger partial charge on any atom is -0.309 e. The van der Waals surface area contributed by atoms with Crippen molar-refractivity contribution in [2.24, 2.45) is 0 Å². The Labute approximate surface area is 141 Å². The van der Waals surface area contributed by atoms with Gasteiger partial charge in [0.05, 0.1) is 6.42 Å². The Balaban J connectivity index is 0.000000344. The fraction of sp³-hybridized carbons (Fsp3) is 0.0526. The normalized spacial score (nSPS) is 9.09. The molecule has 3 aromatic carbocycles. The first kappa shape index (κ1) is 17.8. The van der Waals surface area contributed by atoms with E-state index in [1.807, 2.05) is 36.4 Å².